The van der Waals surface area contributed by atoms with Gasteiger partial charge in [-0.2, -0.15) is 0 Å². The van der Waals surface area contributed by atoms with Gasteiger partial charge in [0.05, 0.1) is 16.8 Å². The number of Topliss-reactive ketones (excluding diaryl/α,β-unsaturated/α-hetero) is 1. The Morgan fingerprint density at radius 1 is 1.32 bits per heavy atom. The van der Waals surface area contributed by atoms with E-state index in [2.05, 4.69) is 16.8 Å². The van der Waals surface area contributed by atoms with Crippen molar-refractivity contribution in [1.82, 2.24) is 23.9 Å². The first-order valence-electron chi connectivity index (χ1n) is 9.49. The lowest BCUT2D eigenvalue weighted by Crippen LogP contribution is -2.42. The van der Waals surface area contributed by atoms with Crippen molar-refractivity contribution in [3.8, 4) is 0 Å². The van der Waals surface area contributed by atoms with Crippen molar-refractivity contribution in [2.24, 2.45) is 14.1 Å². The van der Waals surface area contributed by atoms with E-state index in [1.165, 1.54) is 14.1 Å². The average molecular weight is 469 g/mol. The second-order valence-corrected chi connectivity index (χ2v) is 11.0. The summed E-state index contributed by atoms with van der Waals surface area (Å²) in [6, 6.07) is 0. The fraction of sp³-hybridized carbons (Fsp3) is 0.500. The third kappa shape index (κ3) is 4.24. The number of anilines is 1. The Morgan fingerprint density at radius 3 is 2.58 bits per heavy atom. The molecule has 3 rings (SSSR count). The minimum atomic E-state index is -3.11. The molecule has 1 aliphatic rings. The summed E-state index contributed by atoms with van der Waals surface area (Å²) in [6.45, 7) is 5.66. The first-order valence-corrected chi connectivity index (χ1v) is 12.2. The van der Waals surface area contributed by atoms with Gasteiger partial charge in [0.25, 0.3) is 5.56 Å². The molecule has 168 valence electrons. The van der Waals surface area contributed by atoms with Gasteiger partial charge in [-0.1, -0.05) is 17.8 Å². The molecular weight excluding hydrogens is 444 g/mol. The molecule has 1 saturated heterocycles. The van der Waals surface area contributed by atoms with Gasteiger partial charge >= 0.3 is 5.69 Å². The summed E-state index contributed by atoms with van der Waals surface area (Å²) in [5, 5.41) is 7.96. The van der Waals surface area contributed by atoms with Crippen LogP contribution in [0.2, 0.25) is 0 Å². The number of aromatic nitrogens is 5. The topological polar surface area (TPSA) is 152 Å². The molecule has 0 aliphatic carbocycles. The molecule has 0 unspecified atom stereocenters. The number of sulfone groups is 1. The van der Waals surface area contributed by atoms with Crippen LogP contribution < -0.4 is 17.0 Å². The lowest BCUT2D eigenvalue weighted by atomic mass is 10.1. The third-order valence-electron chi connectivity index (χ3n) is 5.26. The van der Waals surface area contributed by atoms with Crippen molar-refractivity contribution in [2.75, 3.05) is 17.2 Å². The summed E-state index contributed by atoms with van der Waals surface area (Å²) >= 11 is 1.08. The van der Waals surface area contributed by atoms with Crippen LogP contribution in [-0.2, 0) is 30.5 Å². The van der Waals surface area contributed by atoms with Crippen LogP contribution in [0.4, 0.5) is 5.82 Å². The lowest BCUT2D eigenvalue weighted by molar-refractivity contribution is 0.0992. The minimum absolute atomic E-state index is 0.00600. The van der Waals surface area contributed by atoms with Crippen LogP contribution >= 0.6 is 11.8 Å². The fourth-order valence-electron chi connectivity index (χ4n) is 3.49. The van der Waals surface area contributed by atoms with Crippen molar-refractivity contribution in [2.45, 2.75) is 36.2 Å². The van der Waals surface area contributed by atoms with Crippen LogP contribution in [0.25, 0.3) is 0 Å². The molecule has 0 saturated carbocycles. The molecule has 0 bridgehead atoms. The van der Waals surface area contributed by atoms with Crippen LogP contribution in [0.15, 0.2) is 27.4 Å². The normalized spacial score (nSPS) is 18.7. The molecule has 0 aromatic carbocycles. The molecule has 13 heteroatoms. The maximum atomic E-state index is 13.0. The molecule has 1 fully saturated rings. The Bertz CT molecular complexity index is 1270. The number of rotatable bonds is 7. The highest BCUT2D eigenvalue weighted by molar-refractivity contribution is 8.00. The molecule has 1 aliphatic heterocycles. The second-order valence-electron chi connectivity index (χ2n) is 7.43. The number of nitrogen functional groups attached to an aromatic ring is 1. The van der Waals surface area contributed by atoms with Crippen LogP contribution in [0.5, 0.6) is 0 Å². The largest absolute Gasteiger partial charge is 0.384 e. The maximum Gasteiger partial charge on any atom is 0.332 e. The Balaban J connectivity index is 1.93. The molecule has 2 aromatic heterocycles. The van der Waals surface area contributed by atoms with Crippen LogP contribution in [0, 0.1) is 0 Å². The van der Waals surface area contributed by atoms with E-state index in [4.69, 9.17) is 5.73 Å². The van der Waals surface area contributed by atoms with Crippen LogP contribution in [0.1, 0.15) is 35.4 Å². The Labute approximate surface area is 182 Å². The number of hydrogen-bond acceptors (Lipinski definition) is 9. The molecule has 0 spiro atoms. The number of hydrogen-bond donors (Lipinski definition) is 1. The highest BCUT2D eigenvalue weighted by Crippen LogP contribution is 2.32. The highest BCUT2D eigenvalue weighted by atomic mass is 32.2. The van der Waals surface area contributed by atoms with Crippen molar-refractivity contribution >= 4 is 33.2 Å². The van der Waals surface area contributed by atoms with Gasteiger partial charge in [0.2, 0.25) is 0 Å². The predicted octanol–water partition coefficient (Wildman–Crippen LogP) is -0.291. The first kappa shape index (κ1) is 23.0. The van der Waals surface area contributed by atoms with E-state index in [1.54, 1.807) is 17.6 Å². The number of nitrogens with zero attached hydrogens (tertiary/aromatic N) is 5. The molecule has 31 heavy (non-hydrogen) atoms. The summed E-state index contributed by atoms with van der Waals surface area (Å²) in [6.07, 6.45) is 2.09. The molecule has 2 aromatic rings. The Hall–Kier alpha value is -2.67. The van der Waals surface area contributed by atoms with Crippen LogP contribution in [-0.4, -0.2) is 54.9 Å². The van der Waals surface area contributed by atoms with E-state index in [-0.39, 0.29) is 28.8 Å². The lowest BCUT2D eigenvalue weighted by Gasteiger charge is -2.15. The number of allylic oxidation sites excluding steroid dienone is 1. The van der Waals surface area contributed by atoms with Gasteiger partial charge in [0, 0.05) is 26.6 Å². The molecule has 0 amide bonds. The van der Waals surface area contributed by atoms with Crippen molar-refractivity contribution in [3.05, 3.63) is 44.9 Å². The summed E-state index contributed by atoms with van der Waals surface area (Å²) in [7, 11) is -0.444. The third-order valence-corrected chi connectivity index (χ3v) is 8.11. The second kappa shape index (κ2) is 8.46. The van der Waals surface area contributed by atoms with Gasteiger partial charge in [-0.25, -0.2) is 13.2 Å². The van der Waals surface area contributed by atoms with Crippen molar-refractivity contribution in [3.63, 3.8) is 0 Å². The Kier molecular flexibility index (Phi) is 6.28. The zero-order valence-corrected chi connectivity index (χ0v) is 19.1. The summed E-state index contributed by atoms with van der Waals surface area (Å²) in [5.74, 6) is -0.381. The van der Waals surface area contributed by atoms with E-state index >= 15 is 0 Å². The number of carbonyl (C=O) groups is 1. The average Bonchev–Trinajstić information content (AvgIpc) is 3.27. The standard InChI is InChI=1S/C18H24N6O5S2/c1-5-7-24-15(11-6-8-31(28,29)9-11)20-21-17(24)30-10(2)13(25)12-14(19)22(3)18(27)23(4)16(12)26/h5,10-11H,1,6-9,19H2,2-4H3/t10-,11+/m1/s1. The van der Waals surface area contributed by atoms with Gasteiger partial charge < -0.3 is 10.3 Å². The minimum Gasteiger partial charge on any atom is -0.384 e. The molecule has 2 atom stereocenters. The zero-order chi connectivity index (χ0) is 23.1. The molecular formula is C18H24N6O5S2. The summed E-state index contributed by atoms with van der Waals surface area (Å²) < 4.78 is 27.3. The summed E-state index contributed by atoms with van der Waals surface area (Å²) in [4.78, 5) is 37.5. The van der Waals surface area contributed by atoms with E-state index in [9.17, 15) is 22.8 Å². The first-order chi connectivity index (χ1) is 14.5. The molecule has 2 N–H and O–H groups in total. The van der Waals surface area contributed by atoms with Gasteiger partial charge in [0.1, 0.15) is 17.2 Å². The van der Waals surface area contributed by atoms with E-state index in [0.29, 0.717) is 23.9 Å². The predicted molar refractivity (Wildman–Crippen MR) is 117 cm³/mol. The summed E-state index contributed by atoms with van der Waals surface area (Å²) in [5.41, 5.74) is 4.24. The van der Waals surface area contributed by atoms with E-state index in [1.807, 2.05) is 0 Å². The maximum absolute atomic E-state index is 13.0. The number of thioether (sulfide) groups is 1. The highest BCUT2D eigenvalue weighted by Gasteiger charge is 2.34. The SMILES string of the molecule is C=CCn1c(S[C@H](C)C(=O)c2c(N)n(C)c(=O)n(C)c2=O)nnc1[C@H]1CCS(=O)(=O)C1. The molecule has 3 heterocycles. The molecule has 11 nitrogen and oxygen atoms in total. The Morgan fingerprint density at radius 2 is 2.00 bits per heavy atom. The number of ketones is 1. The smallest absolute Gasteiger partial charge is 0.332 e. The van der Waals surface area contributed by atoms with Crippen molar-refractivity contribution in [1.29, 1.82) is 0 Å². The monoisotopic (exact) mass is 468 g/mol. The fourth-order valence-corrected chi connectivity index (χ4v) is 6.16. The van der Waals surface area contributed by atoms with Crippen LogP contribution in [0.3, 0.4) is 0 Å². The van der Waals surface area contributed by atoms with Gasteiger partial charge in [0.15, 0.2) is 20.8 Å². The number of nitrogens with two attached hydrogens (primary N) is 1. The quantitative estimate of drug-likeness (QED) is 0.328. The van der Waals surface area contributed by atoms with E-state index < -0.39 is 32.1 Å². The van der Waals surface area contributed by atoms with Gasteiger partial charge in [-0.3, -0.25) is 18.7 Å². The van der Waals surface area contributed by atoms with Gasteiger partial charge in [-0.05, 0) is 13.3 Å². The zero-order valence-electron chi connectivity index (χ0n) is 17.4. The van der Waals surface area contributed by atoms with Gasteiger partial charge in [-0.15, -0.1) is 16.8 Å². The number of carbonyl (C=O) groups excluding carboxylic acids is 1. The van der Waals surface area contributed by atoms with E-state index in [0.717, 1.165) is 20.9 Å². The molecule has 0 radical (unpaired) electrons. The van der Waals surface area contributed by atoms with Crippen molar-refractivity contribution < 1.29 is 13.2 Å².